The Hall–Kier alpha value is -1.55. The Morgan fingerprint density at radius 3 is 2.53 bits per heavy atom. The molecule has 0 aromatic heterocycles. The summed E-state index contributed by atoms with van der Waals surface area (Å²) in [7, 11) is 1.62. The molecule has 0 atom stereocenters. The van der Waals surface area contributed by atoms with Gasteiger partial charge in [0.2, 0.25) is 5.91 Å². The van der Waals surface area contributed by atoms with Crippen LogP contribution >= 0.6 is 0 Å². The second kappa shape index (κ2) is 6.57. The lowest BCUT2D eigenvalue weighted by Crippen LogP contribution is -2.46. The molecule has 1 fully saturated rings. The van der Waals surface area contributed by atoms with Gasteiger partial charge < -0.3 is 14.7 Å². The average molecular weight is 263 g/mol. The zero-order chi connectivity index (χ0) is 13.7. The van der Waals surface area contributed by atoms with E-state index in [2.05, 4.69) is 0 Å². The van der Waals surface area contributed by atoms with Crippen molar-refractivity contribution in [2.24, 2.45) is 0 Å². The second-order valence-electron chi connectivity index (χ2n) is 4.92. The molecule has 1 aromatic carbocycles. The van der Waals surface area contributed by atoms with Gasteiger partial charge in [-0.1, -0.05) is 12.1 Å². The molecule has 1 aromatic rings. The van der Waals surface area contributed by atoms with Crippen molar-refractivity contribution < 1.29 is 14.6 Å². The van der Waals surface area contributed by atoms with Crippen LogP contribution in [-0.4, -0.2) is 42.2 Å². The molecule has 104 valence electrons. The fraction of sp³-hybridized carbons (Fsp3) is 0.533. The van der Waals surface area contributed by atoms with E-state index in [0.29, 0.717) is 19.0 Å². The Morgan fingerprint density at radius 2 is 2.05 bits per heavy atom. The maximum absolute atomic E-state index is 12.3. The predicted molar refractivity (Wildman–Crippen MR) is 73.1 cm³/mol. The number of nitrogens with zero attached hydrogens (tertiary/aromatic N) is 1. The van der Waals surface area contributed by atoms with Gasteiger partial charge in [-0.2, -0.15) is 0 Å². The Bertz CT molecular complexity index is 412. The third-order valence-corrected chi connectivity index (χ3v) is 3.69. The van der Waals surface area contributed by atoms with E-state index in [4.69, 9.17) is 9.84 Å². The van der Waals surface area contributed by atoms with Gasteiger partial charge in [0, 0.05) is 12.6 Å². The molecular weight excluding hydrogens is 242 g/mol. The Balaban J connectivity index is 1.96. The monoisotopic (exact) mass is 263 g/mol. The van der Waals surface area contributed by atoms with Crippen LogP contribution in [0.25, 0.3) is 0 Å². The van der Waals surface area contributed by atoms with Crippen LogP contribution in [0.15, 0.2) is 24.3 Å². The fourth-order valence-electron chi connectivity index (χ4n) is 2.34. The number of carbonyl (C=O) groups is 1. The van der Waals surface area contributed by atoms with E-state index in [1.54, 1.807) is 7.11 Å². The second-order valence-corrected chi connectivity index (χ2v) is 4.92. The number of hydrogen-bond acceptors (Lipinski definition) is 3. The molecule has 1 N–H and O–H groups in total. The Morgan fingerprint density at radius 1 is 1.37 bits per heavy atom. The van der Waals surface area contributed by atoms with Crippen LogP contribution in [0.1, 0.15) is 24.8 Å². The van der Waals surface area contributed by atoms with E-state index < -0.39 is 0 Å². The molecule has 0 heterocycles. The van der Waals surface area contributed by atoms with E-state index in [1.165, 1.54) is 6.42 Å². The number of rotatable bonds is 6. The van der Waals surface area contributed by atoms with Crippen molar-refractivity contribution in [3.05, 3.63) is 29.8 Å². The third-order valence-electron chi connectivity index (χ3n) is 3.69. The molecule has 1 aliphatic rings. The van der Waals surface area contributed by atoms with Crippen molar-refractivity contribution in [3.63, 3.8) is 0 Å². The number of aliphatic hydroxyl groups is 1. The van der Waals surface area contributed by atoms with Gasteiger partial charge >= 0.3 is 0 Å². The number of methoxy groups -OCH3 is 1. The highest BCUT2D eigenvalue weighted by atomic mass is 16.5. The lowest BCUT2D eigenvalue weighted by molar-refractivity contribution is -0.135. The summed E-state index contributed by atoms with van der Waals surface area (Å²) in [6, 6.07) is 7.88. The zero-order valence-corrected chi connectivity index (χ0v) is 11.3. The zero-order valence-electron chi connectivity index (χ0n) is 11.3. The minimum atomic E-state index is 0.0326. The fourth-order valence-corrected chi connectivity index (χ4v) is 2.34. The van der Waals surface area contributed by atoms with Crippen LogP contribution in [0.5, 0.6) is 5.75 Å². The van der Waals surface area contributed by atoms with Crippen molar-refractivity contribution in [2.45, 2.75) is 31.7 Å². The van der Waals surface area contributed by atoms with Crippen LogP contribution in [0.3, 0.4) is 0 Å². The average Bonchev–Trinajstić information content (AvgIpc) is 2.37. The molecule has 1 aliphatic carbocycles. The van der Waals surface area contributed by atoms with Crippen LogP contribution in [0.2, 0.25) is 0 Å². The van der Waals surface area contributed by atoms with E-state index in [1.807, 2.05) is 29.2 Å². The first-order chi connectivity index (χ1) is 9.24. The normalized spacial score (nSPS) is 14.8. The van der Waals surface area contributed by atoms with Gasteiger partial charge in [0.05, 0.1) is 20.1 Å². The SMILES string of the molecule is COc1ccc(CC(=O)N(CCO)C2CCC2)cc1. The standard InChI is InChI=1S/C15H21NO3/c1-19-14-7-5-12(6-8-14)11-15(18)16(9-10-17)13-3-2-4-13/h5-8,13,17H,2-4,9-11H2,1H3. The maximum atomic E-state index is 12.3. The summed E-state index contributed by atoms with van der Waals surface area (Å²) in [6.07, 6.45) is 3.70. The number of hydrogen-bond donors (Lipinski definition) is 1. The highest BCUT2D eigenvalue weighted by molar-refractivity contribution is 5.79. The molecule has 0 bridgehead atoms. The van der Waals surface area contributed by atoms with Crippen LogP contribution in [0, 0.1) is 0 Å². The van der Waals surface area contributed by atoms with E-state index in [9.17, 15) is 4.79 Å². The number of benzene rings is 1. The van der Waals surface area contributed by atoms with Crippen LogP contribution in [0.4, 0.5) is 0 Å². The lowest BCUT2D eigenvalue weighted by atomic mass is 9.91. The molecule has 19 heavy (non-hydrogen) atoms. The van der Waals surface area contributed by atoms with E-state index >= 15 is 0 Å². The third kappa shape index (κ3) is 3.47. The number of carbonyl (C=O) groups excluding carboxylic acids is 1. The topological polar surface area (TPSA) is 49.8 Å². The number of ether oxygens (including phenoxy) is 1. The summed E-state index contributed by atoms with van der Waals surface area (Å²) in [4.78, 5) is 14.1. The first-order valence-electron chi connectivity index (χ1n) is 6.78. The van der Waals surface area contributed by atoms with Crippen molar-refractivity contribution in [1.82, 2.24) is 4.90 Å². The molecule has 1 saturated carbocycles. The summed E-state index contributed by atoms with van der Waals surface area (Å²) in [6.45, 7) is 0.477. The number of aliphatic hydroxyl groups excluding tert-OH is 1. The maximum Gasteiger partial charge on any atom is 0.227 e. The van der Waals surface area contributed by atoms with Gasteiger partial charge in [0.25, 0.3) is 0 Å². The van der Waals surface area contributed by atoms with Gasteiger partial charge in [-0.15, -0.1) is 0 Å². The smallest absolute Gasteiger partial charge is 0.227 e. The highest BCUT2D eigenvalue weighted by Gasteiger charge is 2.28. The summed E-state index contributed by atoms with van der Waals surface area (Å²) in [5.74, 6) is 0.895. The molecule has 1 amide bonds. The largest absolute Gasteiger partial charge is 0.497 e. The summed E-state index contributed by atoms with van der Waals surface area (Å²) >= 11 is 0. The first-order valence-corrected chi connectivity index (χ1v) is 6.78. The lowest BCUT2D eigenvalue weighted by Gasteiger charge is -2.37. The molecule has 0 spiro atoms. The first kappa shape index (κ1) is 13.9. The van der Waals surface area contributed by atoms with Crippen molar-refractivity contribution in [3.8, 4) is 5.75 Å². The highest BCUT2D eigenvalue weighted by Crippen LogP contribution is 2.25. The minimum absolute atomic E-state index is 0.0326. The number of amides is 1. The van der Waals surface area contributed by atoms with Gasteiger partial charge in [-0.3, -0.25) is 4.79 Å². The molecule has 0 aliphatic heterocycles. The van der Waals surface area contributed by atoms with Gasteiger partial charge in [0.1, 0.15) is 5.75 Å². The van der Waals surface area contributed by atoms with Crippen molar-refractivity contribution in [2.75, 3.05) is 20.3 Å². The summed E-state index contributed by atoms with van der Waals surface area (Å²) in [5, 5.41) is 9.08. The Kier molecular flexibility index (Phi) is 4.80. The molecule has 0 radical (unpaired) electrons. The molecule has 4 nitrogen and oxygen atoms in total. The molecule has 0 unspecified atom stereocenters. The van der Waals surface area contributed by atoms with Crippen molar-refractivity contribution in [1.29, 1.82) is 0 Å². The minimum Gasteiger partial charge on any atom is -0.497 e. The van der Waals surface area contributed by atoms with Crippen LogP contribution < -0.4 is 4.74 Å². The summed E-state index contributed by atoms with van der Waals surface area (Å²) < 4.78 is 5.10. The van der Waals surface area contributed by atoms with Crippen LogP contribution in [-0.2, 0) is 11.2 Å². The molecule has 4 heteroatoms. The van der Waals surface area contributed by atoms with Gasteiger partial charge in [-0.05, 0) is 37.0 Å². The molecular formula is C15H21NO3. The Labute approximate surface area is 114 Å². The summed E-state index contributed by atoms with van der Waals surface area (Å²) in [5.41, 5.74) is 0.980. The van der Waals surface area contributed by atoms with Crippen molar-refractivity contribution >= 4 is 5.91 Å². The van der Waals surface area contributed by atoms with E-state index in [0.717, 1.165) is 24.2 Å². The van der Waals surface area contributed by atoms with E-state index in [-0.39, 0.29) is 12.5 Å². The van der Waals surface area contributed by atoms with Gasteiger partial charge in [0.15, 0.2) is 0 Å². The molecule has 2 rings (SSSR count). The predicted octanol–water partition coefficient (Wildman–Crippen LogP) is 1.61. The molecule has 0 saturated heterocycles. The van der Waals surface area contributed by atoms with Gasteiger partial charge in [-0.25, -0.2) is 0 Å². The quantitative estimate of drug-likeness (QED) is 0.848.